The summed E-state index contributed by atoms with van der Waals surface area (Å²) in [6.45, 7) is 12.9. The largest absolute Gasteiger partial charge is 0.505 e. The summed E-state index contributed by atoms with van der Waals surface area (Å²) in [6, 6.07) is 0. The Hall–Kier alpha value is -3.89. The van der Waals surface area contributed by atoms with E-state index in [2.05, 4.69) is 0 Å². The Morgan fingerprint density at radius 1 is 0.943 bits per heavy atom. The molecule has 5 rings (SSSR count). The van der Waals surface area contributed by atoms with Crippen LogP contribution in [0.2, 0.25) is 10.0 Å². The summed E-state index contributed by atoms with van der Waals surface area (Å²) >= 11 is 12.3. The van der Waals surface area contributed by atoms with Gasteiger partial charge in [0.2, 0.25) is 0 Å². The summed E-state index contributed by atoms with van der Waals surface area (Å²) < 4.78 is 47.5. The van der Waals surface area contributed by atoms with Gasteiger partial charge >= 0.3 is 17.9 Å². The normalized spacial score (nSPS) is 36.8. The van der Waals surface area contributed by atoms with Gasteiger partial charge in [0, 0.05) is 25.9 Å². The van der Waals surface area contributed by atoms with Crippen molar-refractivity contribution in [2.24, 2.45) is 5.92 Å². The summed E-state index contributed by atoms with van der Waals surface area (Å²) in [6.07, 6.45) is -4.91. The Labute approximate surface area is 418 Å². The number of aliphatic hydroxyl groups excluding tert-OH is 5. The number of hydrogen-bond acceptors (Lipinski definition) is 18. The van der Waals surface area contributed by atoms with E-state index in [1.54, 1.807) is 39.8 Å². The molecule has 18 nitrogen and oxygen atoms in total. The fraction of sp³-hybridized carbons (Fsp3) is 0.620. The van der Waals surface area contributed by atoms with E-state index in [0.717, 1.165) is 0 Å². The second kappa shape index (κ2) is 24.7. The first-order chi connectivity index (χ1) is 33.0. The van der Waals surface area contributed by atoms with Gasteiger partial charge in [0.15, 0.2) is 36.3 Å². The summed E-state index contributed by atoms with van der Waals surface area (Å²) in [5.41, 5.74) is 0.409. The van der Waals surface area contributed by atoms with E-state index in [1.165, 1.54) is 33.1 Å². The third kappa shape index (κ3) is 13.0. The van der Waals surface area contributed by atoms with Crippen LogP contribution in [-0.4, -0.2) is 153 Å². The van der Waals surface area contributed by atoms with Crippen molar-refractivity contribution in [3.63, 3.8) is 0 Å². The van der Waals surface area contributed by atoms with Crippen LogP contribution in [0.4, 0.5) is 0 Å². The molecule has 0 aliphatic carbocycles. The maximum Gasteiger partial charge on any atom is 0.342 e. The highest BCUT2D eigenvalue weighted by Crippen LogP contribution is 2.46. The van der Waals surface area contributed by atoms with E-state index in [0.29, 0.717) is 29.6 Å². The molecule has 4 aliphatic heterocycles. The van der Waals surface area contributed by atoms with Gasteiger partial charge in [-0.1, -0.05) is 73.0 Å². The van der Waals surface area contributed by atoms with Gasteiger partial charge in [-0.25, -0.2) is 9.59 Å². The molecule has 390 valence electrons. The number of fused-ring (bicyclic) bond motifs is 3. The number of carbonyl (C=O) groups is 3. The molecule has 3 saturated heterocycles. The van der Waals surface area contributed by atoms with Crippen LogP contribution in [-0.2, 0) is 53.9 Å². The second-order valence-corrected chi connectivity index (χ2v) is 19.2. The van der Waals surface area contributed by atoms with Crippen LogP contribution < -0.4 is 0 Å². The van der Waals surface area contributed by atoms with Gasteiger partial charge in [0.05, 0.1) is 41.6 Å². The van der Waals surface area contributed by atoms with Crippen LogP contribution in [0, 0.1) is 5.92 Å². The highest BCUT2D eigenvalue weighted by molar-refractivity contribution is 6.39. The molecule has 4 aliphatic rings. The van der Waals surface area contributed by atoms with Gasteiger partial charge < -0.3 is 73.6 Å². The van der Waals surface area contributed by atoms with Crippen LogP contribution in [0.1, 0.15) is 103 Å². The molecule has 15 unspecified atom stereocenters. The van der Waals surface area contributed by atoms with Crippen molar-refractivity contribution >= 4 is 41.1 Å². The topological polar surface area (TPSA) is 267 Å². The Balaban J connectivity index is 1.40. The smallest absolute Gasteiger partial charge is 0.342 e. The maximum absolute atomic E-state index is 13.9. The minimum absolute atomic E-state index is 0.0370. The maximum atomic E-state index is 13.9. The number of benzene rings is 1. The molecule has 1 aromatic carbocycles. The molecule has 0 radical (unpaired) electrons. The predicted molar refractivity (Wildman–Crippen MR) is 254 cm³/mol. The highest BCUT2D eigenvalue weighted by Gasteiger charge is 2.56. The monoisotopic (exact) mass is 1030 g/mol. The average molecular weight is 1030 g/mol. The van der Waals surface area contributed by atoms with Gasteiger partial charge in [-0.15, -0.1) is 0 Å². The Kier molecular flexibility index (Phi) is 20.1. The number of rotatable bonds is 10. The Morgan fingerprint density at radius 2 is 1.64 bits per heavy atom. The van der Waals surface area contributed by atoms with Gasteiger partial charge in [0.1, 0.15) is 46.7 Å². The number of esters is 3. The van der Waals surface area contributed by atoms with E-state index in [-0.39, 0.29) is 41.8 Å². The lowest BCUT2D eigenvalue weighted by atomic mass is 9.78. The number of allylic oxidation sites excluding steroid dienone is 4. The fourth-order valence-electron chi connectivity index (χ4n) is 9.02. The molecule has 2 bridgehead atoms. The van der Waals surface area contributed by atoms with Gasteiger partial charge in [-0.3, -0.25) is 4.79 Å². The van der Waals surface area contributed by atoms with Crippen molar-refractivity contribution in [1.29, 1.82) is 0 Å². The molecule has 0 amide bonds. The van der Waals surface area contributed by atoms with Crippen molar-refractivity contribution in [3.05, 3.63) is 79.9 Å². The van der Waals surface area contributed by atoms with E-state index < -0.39 is 138 Å². The van der Waals surface area contributed by atoms with E-state index >= 15 is 0 Å². The molecule has 0 aromatic heterocycles. The quantitative estimate of drug-likeness (QED) is 0.0884. The molecule has 0 spiro atoms. The van der Waals surface area contributed by atoms with Crippen molar-refractivity contribution < 1.29 is 88.0 Å². The third-order valence-electron chi connectivity index (χ3n) is 13.2. The molecular formula is C50H68Cl2O18. The first-order valence-electron chi connectivity index (χ1n) is 23.4. The van der Waals surface area contributed by atoms with Gasteiger partial charge in [-0.05, 0) is 90.0 Å². The average Bonchev–Trinajstić information content (AvgIpc) is 3.31. The lowest BCUT2D eigenvalue weighted by Crippen LogP contribution is -2.66. The minimum Gasteiger partial charge on any atom is -0.505 e. The van der Waals surface area contributed by atoms with Crippen molar-refractivity contribution in [2.45, 2.75) is 179 Å². The number of methoxy groups -OCH3 is 1. The van der Waals surface area contributed by atoms with E-state index in [1.807, 2.05) is 26.0 Å². The SMILES string of the molecule is CCC(=O)OC1C(O)C(O)C2OC3/C(C)=C/C(C)=C/CC(C(C)O)OC(=O)C(COC4OC(C)C(OC(=O)c5c(O)c(Cl)c(O)c(Cl)c5CC)C(O)C4OC)=C/C=C/CC(O)/C(C)=C/C3CCC1(C)O2. The Bertz CT molecular complexity index is 2200. The number of ether oxygens (including phenoxy) is 8. The van der Waals surface area contributed by atoms with Crippen LogP contribution in [0.15, 0.2) is 58.7 Å². The number of aliphatic hydroxyl groups is 5. The molecule has 1 aromatic rings. The lowest BCUT2D eigenvalue weighted by Gasteiger charge is -2.51. The summed E-state index contributed by atoms with van der Waals surface area (Å²) in [5, 5.41) is 76.3. The van der Waals surface area contributed by atoms with Crippen molar-refractivity contribution in [1.82, 2.24) is 0 Å². The van der Waals surface area contributed by atoms with E-state index in [9.17, 15) is 50.1 Å². The molecule has 15 atom stereocenters. The second-order valence-electron chi connectivity index (χ2n) is 18.5. The van der Waals surface area contributed by atoms with Crippen molar-refractivity contribution in [2.75, 3.05) is 13.7 Å². The van der Waals surface area contributed by atoms with Crippen LogP contribution in [0.3, 0.4) is 0 Å². The van der Waals surface area contributed by atoms with Gasteiger partial charge in [0.25, 0.3) is 0 Å². The lowest BCUT2D eigenvalue weighted by molar-refractivity contribution is -0.345. The number of carbonyl (C=O) groups excluding carboxylic acids is 3. The summed E-state index contributed by atoms with van der Waals surface area (Å²) in [7, 11) is 1.26. The predicted octanol–water partition coefficient (Wildman–Crippen LogP) is 5.35. The van der Waals surface area contributed by atoms with E-state index in [4.69, 9.17) is 61.1 Å². The van der Waals surface area contributed by atoms with Crippen LogP contribution in [0.5, 0.6) is 11.5 Å². The Morgan fingerprint density at radius 3 is 2.29 bits per heavy atom. The third-order valence-corrected chi connectivity index (χ3v) is 14.0. The van der Waals surface area contributed by atoms with Crippen molar-refractivity contribution in [3.8, 4) is 11.5 Å². The zero-order valence-electron chi connectivity index (χ0n) is 40.9. The number of halogens is 2. The molecule has 7 N–H and O–H groups in total. The number of aromatic hydroxyl groups is 2. The van der Waals surface area contributed by atoms with Gasteiger partial charge in [-0.2, -0.15) is 0 Å². The summed E-state index contributed by atoms with van der Waals surface area (Å²) in [4.78, 5) is 39.8. The number of hydrogen-bond donors (Lipinski definition) is 7. The molecule has 0 saturated carbocycles. The molecule has 3 fully saturated rings. The molecule has 70 heavy (non-hydrogen) atoms. The van der Waals surface area contributed by atoms with Crippen LogP contribution >= 0.6 is 23.2 Å². The highest BCUT2D eigenvalue weighted by atomic mass is 35.5. The number of phenols is 2. The first-order valence-corrected chi connectivity index (χ1v) is 24.2. The zero-order chi connectivity index (χ0) is 51.9. The molecule has 4 heterocycles. The zero-order valence-corrected chi connectivity index (χ0v) is 42.4. The fourth-order valence-corrected chi connectivity index (χ4v) is 9.58. The van der Waals surface area contributed by atoms with Crippen LogP contribution in [0.25, 0.3) is 0 Å². The number of cyclic esters (lactones) is 1. The summed E-state index contributed by atoms with van der Waals surface area (Å²) in [5.74, 6) is -4.29. The standard InChI is InChI=1S/C50H68Cl2O18/c1-10-30-34(37(56)36(52)38(57)35(30)51)47(62)68-43-27(7)65-49(44(63-9)41(43)60)64-22-29-14-12-13-15-31(54)24(4)21-28-18-19-50(8)45(67-33(55)11-2)39(58)40(59)48(70-50)69-42(28)25(5)20-23(3)16-17-32(26(6)53)66-46(29)61/h12-14,16,20-21,26-28,31-32,39-45,48-49,53-54,56-60H,10-11,15,17-19,22H2,1-9H3/b13-12+,23-16+,24-21+,25-20+,29-14?. The molecular weight excluding hydrogens is 959 g/mol. The first kappa shape index (κ1) is 57.0. The minimum atomic E-state index is -1.57. The molecule has 20 heteroatoms. The number of phenolic OH excluding ortho intramolecular Hbond substituents is 2.